The molecule has 1 aliphatic rings. The Morgan fingerprint density at radius 3 is 2.69 bits per heavy atom. The molecule has 0 spiro atoms. The predicted octanol–water partition coefficient (Wildman–Crippen LogP) is 0.638. The minimum Gasteiger partial charge on any atom is -0.380 e. The fourth-order valence-electron chi connectivity index (χ4n) is 1.13. The standard InChI is InChI=1S/C10H12O3/c1-6(2)9(12)7-4-3-5-8(11)10(7)13/h3-6,10,13H,1-2H3. The van der Waals surface area contributed by atoms with Crippen molar-refractivity contribution in [2.45, 2.75) is 20.0 Å². The van der Waals surface area contributed by atoms with Crippen LogP contribution >= 0.6 is 0 Å². The largest absolute Gasteiger partial charge is 0.380 e. The molecule has 3 heteroatoms. The van der Waals surface area contributed by atoms with Crippen LogP contribution in [0.25, 0.3) is 0 Å². The molecule has 1 N–H and O–H groups in total. The van der Waals surface area contributed by atoms with Crippen molar-refractivity contribution >= 4 is 11.6 Å². The maximum absolute atomic E-state index is 11.4. The van der Waals surface area contributed by atoms with E-state index >= 15 is 0 Å². The van der Waals surface area contributed by atoms with Crippen LogP contribution in [0.1, 0.15) is 13.8 Å². The highest BCUT2D eigenvalue weighted by atomic mass is 16.3. The summed E-state index contributed by atoms with van der Waals surface area (Å²) in [6, 6.07) is 0. The summed E-state index contributed by atoms with van der Waals surface area (Å²) < 4.78 is 0. The Morgan fingerprint density at radius 2 is 2.15 bits per heavy atom. The predicted molar refractivity (Wildman–Crippen MR) is 48.1 cm³/mol. The lowest BCUT2D eigenvalue weighted by Crippen LogP contribution is -2.29. The normalized spacial score (nSPS) is 22.0. The van der Waals surface area contributed by atoms with E-state index in [1.807, 2.05) is 0 Å². The van der Waals surface area contributed by atoms with Gasteiger partial charge in [0.25, 0.3) is 0 Å². The number of aliphatic hydroxyl groups is 1. The second kappa shape index (κ2) is 3.66. The van der Waals surface area contributed by atoms with Gasteiger partial charge in [-0.1, -0.05) is 26.0 Å². The maximum atomic E-state index is 11.4. The van der Waals surface area contributed by atoms with Crippen LogP contribution in [0, 0.1) is 5.92 Å². The molecule has 70 valence electrons. The van der Waals surface area contributed by atoms with E-state index < -0.39 is 11.9 Å². The van der Waals surface area contributed by atoms with Crippen molar-refractivity contribution in [3.63, 3.8) is 0 Å². The van der Waals surface area contributed by atoms with Crippen LogP contribution in [0.4, 0.5) is 0 Å². The fourth-order valence-corrected chi connectivity index (χ4v) is 1.13. The van der Waals surface area contributed by atoms with Crippen molar-refractivity contribution in [3.8, 4) is 0 Å². The third kappa shape index (κ3) is 1.92. The fraction of sp³-hybridized carbons (Fsp3) is 0.400. The molecule has 13 heavy (non-hydrogen) atoms. The van der Waals surface area contributed by atoms with Crippen molar-refractivity contribution in [1.82, 2.24) is 0 Å². The van der Waals surface area contributed by atoms with Crippen LogP contribution in [0.3, 0.4) is 0 Å². The first-order chi connectivity index (χ1) is 6.04. The minimum atomic E-state index is -1.26. The summed E-state index contributed by atoms with van der Waals surface area (Å²) in [5, 5.41) is 9.37. The van der Waals surface area contributed by atoms with Gasteiger partial charge in [-0.2, -0.15) is 0 Å². The van der Waals surface area contributed by atoms with Gasteiger partial charge in [0.2, 0.25) is 0 Å². The van der Waals surface area contributed by atoms with Gasteiger partial charge in [-0.15, -0.1) is 0 Å². The number of rotatable bonds is 2. The highest BCUT2D eigenvalue weighted by Crippen LogP contribution is 2.15. The van der Waals surface area contributed by atoms with Crippen LogP contribution in [-0.2, 0) is 9.59 Å². The molecule has 3 nitrogen and oxygen atoms in total. The second-order valence-corrected chi connectivity index (χ2v) is 3.30. The van der Waals surface area contributed by atoms with E-state index in [2.05, 4.69) is 0 Å². The van der Waals surface area contributed by atoms with Crippen LogP contribution in [0.5, 0.6) is 0 Å². The van der Waals surface area contributed by atoms with Gasteiger partial charge in [0.05, 0.1) is 0 Å². The Bertz CT molecular complexity index is 297. The van der Waals surface area contributed by atoms with E-state index in [1.54, 1.807) is 13.8 Å². The molecule has 0 bridgehead atoms. The highest BCUT2D eigenvalue weighted by Gasteiger charge is 2.26. The van der Waals surface area contributed by atoms with E-state index in [0.29, 0.717) is 0 Å². The summed E-state index contributed by atoms with van der Waals surface area (Å²) in [6.45, 7) is 3.47. The molecule has 1 atom stereocenters. The maximum Gasteiger partial charge on any atom is 0.188 e. The smallest absolute Gasteiger partial charge is 0.188 e. The molecule has 0 fully saturated rings. The molecule has 0 heterocycles. The van der Waals surface area contributed by atoms with Crippen LogP contribution in [-0.4, -0.2) is 22.8 Å². The van der Waals surface area contributed by atoms with Gasteiger partial charge in [-0.3, -0.25) is 9.59 Å². The number of ketones is 2. The first-order valence-corrected chi connectivity index (χ1v) is 4.18. The van der Waals surface area contributed by atoms with Gasteiger partial charge >= 0.3 is 0 Å². The van der Waals surface area contributed by atoms with E-state index in [0.717, 1.165) is 0 Å². The summed E-state index contributed by atoms with van der Waals surface area (Å²) in [6.07, 6.45) is 2.99. The lowest BCUT2D eigenvalue weighted by atomic mass is 9.91. The van der Waals surface area contributed by atoms with Gasteiger partial charge in [-0.05, 0) is 6.08 Å². The van der Waals surface area contributed by atoms with Gasteiger partial charge < -0.3 is 5.11 Å². The lowest BCUT2D eigenvalue weighted by molar-refractivity contribution is -0.125. The number of allylic oxidation sites excluding steroid dienone is 2. The van der Waals surface area contributed by atoms with E-state index in [1.165, 1.54) is 18.2 Å². The number of hydrogen-bond donors (Lipinski definition) is 1. The van der Waals surface area contributed by atoms with E-state index in [4.69, 9.17) is 0 Å². The molecular formula is C10H12O3. The Labute approximate surface area is 76.8 Å². The molecule has 0 aromatic carbocycles. The molecular weight excluding hydrogens is 168 g/mol. The average molecular weight is 180 g/mol. The van der Waals surface area contributed by atoms with Crippen molar-refractivity contribution in [3.05, 3.63) is 23.8 Å². The average Bonchev–Trinajstić information content (AvgIpc) is 2.08. The molecule has 0 radical (unpaired) electrons. The molecule has 0 aromatic rings. The Kier molecular flexibility index (Phi) is 2.78. The Hall–Kier alpha value is -1.22. The SMILES string of the molecule is CC(C)C(=O)C1=CC=CC(=O)C1O. The van der Waals surface area contributed by atoms with E-state index in [9.17, 15) is 14.7 Å². The van der Waals surface area contributed by atoms with Crippen LogP contribution in [0.15, 0.2) is 23.8 Å². The molecule has 1 rings (SSSR count). The molecule has 0 amide bonds. The summed E-state index contributed by atoms with van der Waals surface area (Å²) in [5.74, 6) is -0.795. The highest BCUT2D eigenvalue weighted by molar-refractivity contribution is 6.08. The summed E-state index contributed by atoms with van der Waals surface area (Å²) in [5.41, 5.74) is 0.197. The number of carbonyl (C=O) groups is 2. The zero-order chi connectivity index (χ0) is 10.0. The van der Waals surface area contributed by atoms with E-state index in [-0.39, 0.29) is 17.3 Å². The summed E-state index contributed by atoms with van der Waals surface area (Å²) >= 11 is 0. The monoisotopic (exact) mass is 180 g/mol. The topological polar surface area (TPSA) is 54.4 Å². The van der Waals surface area contributed by atoms with Crippen LogP contribution < -0.4 is 0 Å². The molecule has 0 aromatic heterocycles. The van der Waals surface area contributed by atoms with Crippen LogP contribution in [0.2, 0.25) is 0 Å². The Morgan fingerprint density at radius 1 is 1.54 bits per heavy atom. The van der Waals surface area contributed by atoms with Crippen molar-refractivity contribution in [2.75, 3.05) is 0 Å². The molecule has 0 saturated carbocycles. The first-order valence-electron chi connectivity index (χ1n) is 4.18. The number of carbonyl (C=O) groups excluding carboxylic acids is 2. The van der Waals surface area contributed by atoms with Gasteiger partial charge in [0.15, 0.2) is 11.6 Å². The second-order valence-electron chi connectivity index (χ2n) is 3.30. The molecule has 1 aliphatic carbocycles. The number of Topliss-reactive ketones (excluding diaryl/α,β-unsaturated/α-hetero) is 1. The van der Waals surface area contributed by atoms with Crippen molar-refractivity contribution in [1.29, 1.82) is 0 Å². The minimum absolute atomic E-state index is 0.176. The Balaban J connectivity index is 2.92. The first kappa shape index (κ1) is 9.86. The number of hydrogen-bond acceptors (Lipinski definition) is 3. The number of aliphatic hydroxyl groups excluding tert-OH is 1. The van der Waals surface area contributed by atoms with Gasteiger partial charge in [0.1, 0.15) is 6.10 Å². The summed E-state index contributed by atoms with van der Waals surface area (Å²) in [7, 11) is 0. The van der Waals surface area contributed by atoms with Gasteiger partial charge in [-0.25, -0.2) is 0 Å². The van der Waals surface area contributed by atoms with Crippen molar-refractivity contribution < 1.29 is 14.7 Å². The molecule has 0 aliphatic heterocycles. The zero-order valence-corrected chi connectivity index (χ0v) is 7.65. The third-order valence-electron chi connectivity index (χ3n) is 1.91. The summed E-state index contributed by atoms with van der Waals surface area (Å²) in [4.78, 5) is 22.4. The zero-order valence-electron chi connectivity index (χ0n) is 7.65. The van der Waals surface area contributed by atoms with Crippen molar-refractivity contribution in [2.24, 2.45) is 5.92 Å². The quantitative estimate of drug-likeness (QED) is 0.678. The van der Waals surface area contributed by atoms with Gasteiger partial charge in [0, 0.05) is 11.5 Å². The molecule has 1 unspecified atom stereocenters. The molecule has 0 saturated heterocycles. The lowest BCUT2D eigenvalue weighted by Gasteiger charge is -2.15. The third-order valence-corrected chi connectivity index (χ3v) is 1.91.